The fourth-order valence-electron chi connectivity index (χ4n) is 1.39. The lowest BCUT2D eigenvalue weighted by Gasteiger charge is -2.05. The Kier molecular flexibility index (Phi) is 5.33. The number of benzene rings is 2. The van der Waals surface area contributed by atoms with Crippen LogP contribution in [0.15, 0.2) is 42.5 Å². The highest BCUT2D eigenvalue weighted by atomic mass is 35.5. The maximum atomic E-state index is 6.09. The molecule has 0 aliphatic rings. The van der Waals surface area contributed by atoms with Crippen molar-refractivity contribution in [2.75, 3.05) is 5.73 Å². The first-order valence-corrected chi connectivity index (χ1v) is 6.23. The molecule has 2 N–H and O–H groups in total. The second-order valence-corrected chi connectivity index (χ2v) is 4.09. The van der Waals surface area contributed by atoms with Gasteiger partial charge in [-0.05, 0) is 29.8 Å². The second-order valence-electron chi connectivity index (χ2n) is 3.25. The van der Waals surface area contributed by atoms with Gasteiger partial charge in [-0.25, -0.2) is 0 Å². The zero-order chi connectivity index (χ0) is 12.8. The van der Waals surface area contributed by atoms with Gasteiger partial charge in [-0.1, -0.05) is 55.2 Å². The summed E-state index contributed by atoms with van der Waals surface area (Å²) in [6.07, 6.45) is 0. The summed E-state index contributed by atoms with van der Waals surface area (Å²) in [5.41, 5.74) is 8.28. The molecule has 90 valence electrons. The molecule has 0 aliphatic heterocycles. The van der Waals surface area contributed by atoms with E-state index in [1.54, 1.807) is 6.07 Å². The third kappa shape index (κ3) is 3.65. The lowest BCUT2D eigenvalue weighted by atomic mass is 10.1. The van der Waals surface area contributed by atoms with Crippen molar-refractivity contribution in [3.63, 3.8) is 0 Å². The molecule has 0 spiro atoms. The molecule has 2 aromatic rings. The largest absolute Gasteiger partial charge is 0.399 e. The molecule has 0 atom stereocenters. The number of rotatable bonds is 1. The highest BCUT2D eigenvalue weighted by molar-refractivity contribution is 6.33. The van der Waals surface area contributed by atoms with Crippen LogP contribution in [0.2, 0.25) is 10.0 Å². The molecule has 2 aromatic carbocycles. The molecule has 0 saturated heterocycles. The van der Waals surface area contributed by atoms with Crippen LogP contribution in [0.1, 0.15) is 13.8 Å². The van der Waals surface area contributed by atoms with E-state index in [2.05, 4.69) is 0 Å². The highest BCUT2D eigenvalue weighted by Gasteiger charge is 2.03. The van der Waals surface area contributed by atoms with E-state index in [0.29, 0.717) is 15.7 Å². The lowest BCUT2D eigenvalue weighted by Crippen LogP contribution is -1.85. The maximum absolute atomic E-state index is 6.09. The molecule has 0 aromatic heterocycles. The monoisotopic (exact) mass is 267 g/mol. The van der Waals surface area contributed by atoms with Gasteiger partial charge in [0.1, 0.15) is 0 Å². The Hall–Kier alpha value is -1.18. The minimum atomic E-state index is 0.650. The second kappa shape index (κ2) is 6.53. The molecule has 0 amide bonds. The van der Waals surface area contributed by atoms with Gasteiger partial charge in [0.05, 0.1) is 5.02 Å². The Morgan fingerprint density at radius 1 is 0.882 bits per heavy atom. The van der Waals surface area contributed by atoms with Crippen molar-refractivity contribution in [2.45, 2.75) is 13.8 Å². The van der Waals surface area contributed by atoms with Gasteiger partial charge >= 0.3 is 0 Å². The van der Waals surface area contributed by atoms with Crippen molar-refractivity contribution in [3.05, 3.63) is 52.5 Å². The fraction of sp³-hybridized carbons (Fsp3) is 0.143. The van der Waals surface area contributed by atoms with Crippen LogP contribution in [0, 0.1) is 0 Å². The Balaban J connectivity index is 0.000000686. The fourth-order valence-corrected chi connectivity index (χ4v) is 1.82. The summed E-state index contributed by atoms with van der Waals surface area (Å²) in [6.45, 7) is 4.00. The van der Waals surface area contributed by atoms with Crippen molar-refractivity contribution in [1.29, 1.82) is 0 Å². The van der Waals surface area contributed by atoms with Gasteiger partial charge in [0.2, 0.25) is 0 Å². The van der Waals surface area contributed by atoms with Gasteiger partial charge < -0.3 is 5.73 Å². The SMILES string of the molecule is CC.Nc1ccc(-c2ccc(Cl)cc2)c(Cl)c1. The molecule has 1 nitrogen and oxygen atoms in total. The first kappa shape index (κ1) is 13.9. The topological polar surface area (TPSA) is 26.0 Å². The van der Waals surface area contributed by atoms with Crippen LogP contribution in [0.5, 0.6) is 0 Å². The van der Waals surface area contributed by atoms with Crippen molar-refractivity contribution in [1.82, 2.24) is 0 Å². The number of anilines is 1. The minimum Gasteiger partial charge on any atom is -0.399 e. The first-order chi connectivity index (χ1) is 8.16. The summed E-state index contributed by atoms with van der Waals surface area (Å²) in [4.78, 5) is 0. The van der Waals surface area contributed by atoms with Crippen molar-refractivity contribution in [2.24, 2.45) is 0 Å². The summed E-state index contributed by atoms with van der Waals surface area (Å²) in [7, 11) is 0. The summed E-state index contributed by atoms with van der Waals surface area (Å²) in [5.74, 6) is 0. The predicted molar refractivity (Wildman–Crippen MR) is 77.7 cm³/mol. The molecule has 17 heavy (non-hydrogen) atoms. The van der Waals surface area contributed by atoms with Crippen molar-refractivity contribution in [3.8, 4) is 11.1 Å². The van der Waals surface area contributed by atoms with E-state index in [-0.39, 0.29) is 0 Å². The lowest BCUT2D eigenvalue weighted by molar-refractivity contribution is 1.50. The summed E-state index contributed by atoms with van der Waals surface area (Å²) >= 11 is 11.9. The summed E-state index contributed by atoms with van der Waals surface area (Å²) in [5, 5.41) is 1.36. The van der Waals surface area contributed by atoms with E-state index in [1.807, 2.05) is 50.2 Å². The normalized spacial score (nSPS) is 9.41. The molecular formula is C14H15Cl2N. The average Bonchev–Trinajstić information content (AvgIpc) is 2.33. The number of hydrogen-bond acceptors (Lipinski definition) is 1. The zero-order valence-corrected chi connectivity index (χ0v) is 11.4. The predicted octanol–water partition coefficient (Wildman–Crippen LogP) is 5.27. The molecule has 0 aliphatic carbocycles. The third-order valence-corrected chi connectivity index (χ3v) is 2.71. The van der Waals surface area contributed by atoms with Crippen LogP contribution < -0.4 is 5.73 Å². The molecular weight excluding hydrogens is 253 g/mol. The smallest absolute Gasteiger partial charge is 0.0504 e. The number of halogens is 2. The number of nitrogen functional groups attached to an aromatic ring is 1. The molecule has 3 heteroatoms. The van der Waals surface area contributed by atoms with Gasteiger partial charge in [-0.15, -0.1) is 0 Å². The van der Waals surface area contributed by atoms with Gasteiger partial charge in [0, 0.05) is 16.3 Å². The number of nitrogens with two attached hydrogens (primary N) is 1. The first-order valence-electron chi connectivity index (χ1n) is 5.48. The number of hydrogen-bond donors (Lipinski definition) is 1. The van der Waals surface area contributed by atoms with Crippen molar-refractivity contribution < 1.29 is 0 Å². The molecule has 0 radical (unpaired) electrons. The van der Waals surface area contributed by atoms with E-state index in [9.17, 15) is 0 Å². The van der Waals surface area contributed by atoms with E-state index in [1.165, 1.54) is 0 Å². The molecule has 0 heterocycles. The Labute approximate surface area is 112 Å². The molecule has 0 bridgehead atoms. The van der Waals surface area contributed by atoms with E-state index in [4.69, 9.17) is 28.9 Å². The maximum Gasteiger partial charge on any atom is 0.0504 e. The van der Waals surface area contributed by atoms with Crippen LogP contribution >= 0.6 is 23.2 Å². The van der Waals surface area contributed by atoms with Crippen LogP contribution in [0.4, 0.5) is 5.69 Å². The quantitative estimate of drug-likeness (QED) is 0.700. The van der Waals surface area contributed by atoms with E-state index >= 15 is 0 Å². The summed E-state index contributed by atoms with van der Waals surface area (Å²) < 4.78 is 0. The Morgan fingerprint density at radius 2 is 1.47 bits per heavy atom. The van der Waals surface area contributed by atoms with Gasteiger partial charge in [0.25, 0.3) is 0 Å². The standard InChI is InChI=1S/C12H9Cl2N.C2H6/c13-9-3-1-8(2-4-9)11-6-5-10(15)7-12(11)14;1-2/h1-7H,15H2;1-2H3. The Bertz CT molecular complexity index is 478. The van der Waals surface area contributed by atoms with Crippen molar-refractivity contribution >= 4 is 28.9 Å². The van der Waals surface area contributed by atoms with Gasteiger partial charge in [-0.2, -0.15) is 0 Å². The third-order valence-electron chi connectivity index (χ3n) is 2.15. The highest BCUT2D eigenvalue weighted by Crippen LogP contribution is 2.30. The van der Waals surface area contributed by atoms with E-state index < -0.39 is 0 Å². The molecule has 0 saturated carbocycles. The van der Waals surface area contributed by atoms with Crippen LogP contribution in [0.25, 0.3) is 11.1 Å². The average molecular weight is 268 g/mol. The molecule has 0 unspecified atom stereocenters. The van der Waals surface area contributed by atoms with Gasteiger partial charge in [-0.3, -0.25) is 0 Å². The van der Waals surface area contributed by atoms with E-state index in [0.717, 1.165) is 11.1 Å². The van der Waals surface area contributed by atoms with Crippen LogP contribution in [-0.4, -0.2) is 0 Å². The van der Waals surface area contributed by atoms with Crippen LogP contribution in [0.3, 0.4) is 0 Å². The Morgan fingerprint density at radius 3 is 2.00 bits per heavy atom. The molecule has 2 rings (SSSR count). The van der Waals surface area contributed by atoms with Crippen LogP contribution in [-0.2, 0) is 0 Å². The summed E-state index contributed by atoms with van der Waals surface area (Å²) in [6, 6.07) is 13.0. The zero-order valence-electron chi connectivity index (χ0n) is 9.87. The van der Waals surface area contributed by atoms with Gasteiger partial charge in [0.15, 0.2) is 0 Å². The minimum absolute atomic E-state index is 0.650. The molecule has 0 fully saturated rings.